The van der Waals surface area contributed by atoms with Crippen molar-refractivity contribution in [3.63, 3.8) is 0 Å². The SMILES string of the molecule is CCn1nccc1C(=O)N1CCC(C2CCCCN2C(=O)Cc2ccccc2F)CC1. The van der Waals surface area contributed by atoms with Crippen LogP contribution in [-0.4, -0.2) is 57.1 Å². The number of piperidine rings is 2. The zero-order valence-corrected chi connectivity index (χ0v) is 18.2. The number of carbonyl (C=O) groups is 2. The first-order valence-electron chi connectivity index (χ1n) is 11.4. The highest BCUT2D eigenvalue weighted by molar-refractivity contribution is 5.92. The number of amides is 2. The molecule has 0 aliphatic carbocycles. The van der Waals surface area contributed by atoms with Crippen LogP contribution in [0.4, 0.5) is 4.39 Å². The van der Waals surface area contributed by atoms with Crippen LogP contribution in [0.15, 0.2) is 36.5 Å². The molecule has 0 bridgehead atoms. The van der Waals surface area contributed by atoms with E-state index in [9.17, 15) is 14.0 Å². The molecule has 7 heteroatoms. The Labute approximate surface area is 183 Å². The lowest BCUT2D eigenvalue weighted by Crippen LogP contribution is -2.51. The number of nitrogens with zero attached hydrogens (tertiary/aromatic N) is 4. The van der Waals surface area contributed by atoms with Crippen molar-refractivity contribution >= 4 is 11.8 Å². The number of hydrogen-bond donors (Lipinski definition) is 0. The predicted molar refractivity (Wildman–Crippen MR) is 116 cm³/mol. The molecule has 2 aliphatic rings. The van der Waals surface area contributed by atoms with Crippen molar-refractivity contribution in [3.8, 4) is 0 Å². The van der Waals surface area contributed by atoms with E-state index in [1.54, 1.807) is 35.1 Å². The van der Waals surface area contributed by atoms with Crippen molar-refractivity contribution in [1.82, 2.24) is 19.6 Å². The van der Waals surface area contributed by atoms with Crippen molar-refractivity contribution in [1.29, 1.82) is 0 Å². The van der Waals surface area contributed by atoms with E-state index in [0.29, 0.717) is 36.8 Å². The molecule has 166 valence electrons. The molecule has 1 aromatic heterocycles. The largest absolute Gasteiger partial charge is 0.339 e. The van der Waals surface area contributed by atoms with Crippen molar-refractivity contribution in [2.45, 2.75) is 58.0 Å². The minimum atomic E-state index is -0.317. The molecule has 6 nitrogen and oxygen atoms in total. The molecule has 2 aliphatic heterocycles. The maximum atomic E-state index is 14.0. The third kappa shape index (κ3) is 4.65. The molecular formula is C24H31FN4O2. The summed E-state index contributed by atoms with van der Waals surface area (Å²) in [5.74, 6) is 0.113. The predicted octanol–water partition coefficient (Wildman–Crippen LogP) is 3.52. The Morgan fingerprint density at radius 3 is 2.58 bits per heavy atom. The van der Waals surface area contributed by atoms with Crippen LogP contribution >= 0.6 is 0 Å². The summed E-state index contributed by atoms with van der Waals surface area (Å²) in [5, 5.41) is 4.21. The summed E-state index contributed by atoms with van der Waals surface area (Å²) in [6, 6.07) is 8.49. The average molecular weight is 427 g/mol. The van der Waals surface area contributed by atoms with E-state index in [1.807, 2.05) is 16.7 Å². The van der Waals surface area contributed by atoms with Gasteiger partial charge in [0.25, 0.3) is 5.91 Å². The molecule has 1 aromatic carbocycles. The Morgan fingerprint density at radius 2 is 1.84 bits per heavy atom. The Hall–Kier alpha value is -2.70. The first-order chi connectivity index (χ1) is 15.1. The molecule has 0 N–H and O–H groups in total. The van der Waals surface area contributed by atoms with Crippen molar-refractivity contribution in [2.75, 3.05) is 19.6 Å². The second-order valence-corrected chi connectivity index (χ2v) is 8.58. The van der Waals surface area contributed by atoms with Gasteiger partial charge < -0.3 is 9.80 Å². The van der Waals surface area contributed by atoms with Gasteiger partial charge in [-0.05, 0) is 62.6 Å². The monoisotopic (exact) mass is 426 g/mol. The van der Waals surface area contributed by atoms with Gasteiger partial charge in [0.2, 0.25) is 5.91 Å². The van der Waals surface area contributed by atoms with Crippen LogP contribution in [0.2, 0.25) is 0 Å². The van der Waals surface area contributed by atoms with Crippen LogP contribution in [-0.2, 0) is 17.8 Å². The summed E-state index contributed by atoms with van der Waals surface area (Å²) in [7, 11) is 0. The normalized spacial score (nSPS) is 20.1. The van der Waals surface area contributed by atoms with E-state index in [1.165, 1.54) is 6.07 Å². The van der Waals surface area contributed by atoms with E-state index in [0.717, 1.165) is 38.6 Å². The standard InChI is InChI=1S/C24H31FN4O2/c1-2-29-22(10-13-26-29)24(31)27-15-11-18(12-16-27)21-9-5-6-14-28(21)23(30)17-19-7-3-4-8-20(19)25/h3-4,7-8,10,13,18,21H,2,5-6,9,11-12,14-17H2,1H3. The molecule has 4 rings (SSSR count). The second kappa shape index (κ2) is 9.62. The highest BCUT2D eigenvalue weighted by atomic mass is 19.1. The Bertz CT molecular complexity index is 920. The fraction of sp³-hybridized carbons (Fsp3) is 0.542. The van der Waals surface area contributed by atoms with Crippen molar-refractivity contribution < 1.29 is 14.0 Å². The van der Waals surface area contributed by atoms with Crippen LogP contribution in [0.5, 0.6) is 0 Å². The summed E-state index contributed by atoms with van der Waals surface area (Å²) in [6.07, 6.45) is 6.66. The topological polar surface area (TPSA) is 58.4 Å². The quantitative estimate of drug-likeness (QED) is 0.735. The van der Waals surface area contributed by atoms with Gasteiger partial charge in [-0.3, -0.25) is 14.3 Å². The van der Waals surface area contributed by atoms with Crippen LogP contribution in [0.3, 0.4) is 0 Å². The first kappa shape index (κ1) is 21.5. The zero-order valence-electron chi connectivity index (χ0n) is 18.2. The summed E-state index contributed by atoms with van der Waals surface area (Å²) in [6.45, 7) is 4.79. The molecule has 2 aromatic rings. The summed E-state index contributed by atoms with van der Waals surface area (Å²) in [4.78, 5) is 29.9. The molecule has 0 saturated carbocycles. The number of hydrogen-bond acceptors (Lipinski definition) is 3. The first-order valence-corrected chi connectivity index (χ1v) is 11.4. The van der Waals surface area contributed by atoms with Gasteiger partial charge in [0.1, 0.15) is 11.5 Å². The lowest BCUT2D eigenvalue weighted by molar-refractivity contribution is -0.136. The maximum Gasteiger partial charge on any atom is 0.272 e. The minimum absolute atomic E-state index is 0.0140. The highest BCUT2D eigenvalue weighted by Gasteiger charge is 2.36. The van der Waals surface area contributed by atoms with E-state index < -0.39 is 0 Å². The molecule has 0 radical (unpaired) electrons. The van der Waals surface area contributed by atoms with Gasteiger partial charge >= 0.3 is 0 Å². The Kier molecular flexibility index (Phi) is 6.68. The summed E-state index contributed by atoms with van der Waals surface area (Å²) < 4.78 is 15.8. The molecule has 2 amide bonds. The number of halogens is 1. The fourth-order valence-corrected chi connectivity index (χ4v) is 5.08. The van der Waals surface area contributed by atoms with Crippen LogP contribution < -0.4 is 0 Å². The lowest BCUT2D eigenvalue weighted by atomic mass is 9.83. The molecule has 1 unspecified atom stereocenters. The molecule has 31 heavy (non-hydrogen) atoms. The number of carbonyl (C=O) groups excluding carboxylic acids is 2. The van der Waals surface area contributed by atoms with Crippen molar-refractivity contribution in [3.05, 3.63) is 53.6 Å². The van der Waals surface area contributed by atoms with Gasteiger partial charge in [0, 0.05) is 38.4 Å². The summed E-state index contributed by atoms with van der Waals surface area (Å²) in [5.41, 5.74) is 1.10. The fourth-order valence-electron chi connectivity index (χ4n) is 5.08. The van der Waals surface area contributed by atoms with Crippen LogP contribution in [0.1, 0.15) is 55.1 Å². The number of aromatic nitrogens is 2. The number of benzene rings is 1. The molecule has 2 saturated heterocycles. The van der Waals surface area contributed by atoms with Crippen molar-refractivity contribution in [2.24, 2.45) is 5.92 Å². The van der Waals surface area contributed by atoms with E-state index in [4.69, 9.17) is 0 Å². The number of aryl methyl sites for hydroxylation is 1. The lowest BCUT2D eigenvalue weighted by Gasteiger charge is -2.43. The van der Waals surface area contributed by atoms with Gasteiger partial charge in [-0.2, -0.15) is 5.10 Å². The molecular weight excluding hydrogens is 395 g/mol. The Balaban J connectivity index is 1.39. The van der Waals surface area contributed by atoms with Gasteiger partial charge in [-0.15, -0.1) is 0 Å². The van der Waals surface area contributed by atoms with Gasteiger partial charge in [-0.25, -0.2) is 4.39 Å². The second-order valence-electron chi connectivity index (χ2n) is 8.58. The molecule has 0 spiro atoms. The molecule has 1 atom stereocenters. The minimum Gasteiger partial charge on any atom is -0.339 e. The Morgan fingerprint density at radius 1 is 1.06 bits per heavy atom. The van der Waals surface area contributed by atoms with Gasteiger partial charge in [0.05, 0.1) is 6.42 Å². The van der Waals surface area contributed by atoms with E-state index in [2.05, 4.69) is 5.10 Å². The number of likely N-dealkylation sites (tertiary alicyclic amines) is 2. The van der Waals surface area contributed by atoms with E-state index >= 15 is 0 Å². The third-order valence-electron chi connectivity index (χ3n) is 6.78. The molecule has 3 heterocycles. The summed E-state index contributed by atoms with van der Waals surface area (Å²) >= 11 is 0. The third-order valence-corrected chi connectivity index (χ3v) is 6.78. The molecule has 2 fully saturated rings. The average Bonchev–Trinajstić information content (AvgIpc) is 3.29. The highest BCUT2D eigenvalue weighted by Crippen LogP contribution is 2.31. The van der Waals surface area contributed by atoms with Crippen LogP contribution in [0, 0.1) is 11.7 Å². The number of rotatable bonds is 5. The smallest absolute Gasteiger partial charge is 0.272 e. The maximum absolute atomic E-state index is 14.0. The van der Waals surface area contributed by atoms with Gasteiger partial charge in [-0.1, -0.05) is 18.2 Å². The zero-order chi connectivity index (χ0) is 21.8. The van der Waals surface area contributed by atoms with Gasteiger partial charge in [0.15, 0.2) is 0 Å². The van der Waals surface area contributed by atoms with Crippen LogP contribution in [0.25, 0.3) is 0 Å². The van der Waals surface area contributed by atoms with E-state index in [-0.39, 0.29) is 30.1 Å².